The van der Waals surface area contributed by atoms with E-state index in [1.807, 2.05) is 6.07 Å². The van der Waals surface area contributed by atoms with E-state index in [9.17, 15) is 13.6 Å². The molecule has 1 atom stereocenters. The number of pyridine rings is 1. The Morgan fingerprint density at radius 1 is 1.03 bits per heavy atom. The molecule has 0 spiro atoms. The molecule has 30 heavy (non-hydrogen) atoms. The number of hydrogen-bond donors (Lipinski definition) is 1. The number of rotatable bonds is 4. The number of nitrogens with zero attached hydrogens (tertiary/aromatic N) is 5. The maximum Gasteiger partial charge on any atom is 0.286 e. The minimum atomic E-state index is -3.10. The predicted molar refractivity (Wildman–Crippen MR) is 106 cm³/mol. The number of benzene rings is 1. The maximum atomic E-state index is 13.6. The molecular formula is C21H18F2N6O. The molecule has 1 unspecified atom stereocenters. The second kappa shape index (κ2) is 6.94. The smallest absolute Gasteiger partial charge is 0.286 e. The summed E-state index contributed by atoms with van der Waals surface area (Å²) in [5.41, 5.74) is 6.52. The molecule has 1 amide bonds. The van der Waals surface area contributed by atoms with Crippen molar-refractivity contribution in [3.05, 3.63) is 77.9 Å². The van der Waals surface area contributed by atoms with E-state index < -0.39 is 23.1 Å². The van der Waals surface area contributed by atoms with Gasteiger partial charge in [-0.3, -0.25) is 14.7 Å². The largest absolute Gasteiger partial charge is 0.369 e. The van der Waals surface area contributed by atoms with Crippen LogP contribution in [0.25, 0.3) is 11.1 Å². The van der Waals surface area contributed by atoms with Crippen LogP contribution in [0, 0.1) is 0 Å². The first-order valence-corrected chi connectivity index (χ1v) is 9.09. The number of carbonyl (C=O) groups excluding carboxylic acids is 1. The molecular weight excluding hydrogens is 390 g/mol. The van der Waals surface area contributed by atoms with Gasteiger partial charge < -0.3 is 5.73 Å². The van der Waals surface area contributed by atoms with E-state index in [2.05, 4.69) is 20.2 Å². The fourth-order valence-corrected chi connectivity index (χ4v) is 3.44. The molecule has 1 aromatic carbocycles. The standard InChI is InChI=1S/C21H18F2N6O/c1-20(22,23)17-7-6-16(12-25-17)21(18(30)29(2)19(24)28-21)15-5-3-4-13(10-15)14-8-9-26-27-11-14/h3-12H,1-2H3,(H2,24,28). The van der Waals surface area contributed by atoms with Gasteiger partial charge in [-0.25, -0.2) is 4.99 Å². The number of nitrogens with two attached hydrogens (primary N) is 1. The molecule has 2 N–H and O–H groups in total. The van der Waals surface area contributed by atoms with Crippen LogP contribution in [0.2, 0.25) is 0 Å². The summed E-state index contributed by atoms with van der Waals surface area (Å²) in [6.45, 7) is 0.766. The summed E-state index contributed by atoms with van der Waals surface area (Å²) in [4.78, 5) is 22.9. The van der Waals surface area contributed by atoms with Gasteiger partial charge in [-0.15, -0.1) is 0 Å². The van der Waals surface area contributed by atoms with Crippen molar-refractivity contribution in [3.63, 3.8) is 0 Å². The van der Waals surface area contributed by atoms with Gasteiger partial charge in [0.05, 0.1) is 12.4 Å². The summed E-state index contributed by atoms with van der Waals surface area (Å²) in [7, 11) is 1.52. The minimum Gasteiger partial charge on any atom is -0.369 e. The Morgan fingerprint density at radius 3 is 2.40 bits per heavy atom. The van der Waals surface area contributed by atoms with Gasteiger partial charge >= 0.3 is 0 Å². The number of aliphatic imine (C=N–C) groups is 1. The number of hydrogen-bond acceptors (Lipinski definition) is 6. The topological polar surface area (TPSA) is 97.4 Å². The van der Waals surface area contributed by atoms with E-state index in [1.54, 1.807) is 36.7 Å². The van der Waals surface area contributed by atoms with E-state index in [0.29, 0.717) is 11.1 Å². The highest BCUT2D eigenvalue weighted by Gasteiger charge is 2.50. The van der Waals surface area contributed by atoms with Gasteiger partial charge in [0.2, 0.25) is 0 Å². The van der Waals surface area contributed by atoms with Crippen LogP contribution in [0.15, 0.2) is 66.0 Å². The first-order valence-electron chi connectivity index (χ1n) is 9.09. The van der Waals surface area contributed by atoms with Crippen molar-refractivity contribution in [2.24, 2.45) is 10.7 Å². The fourth-order valence-electron chi connectivity index (χ4n) is 3.44. The molecule has 0 bridgehead atoms. The van der Waals surface area contributed by atoms with Crippen LogP contribution in [-0.2, 0) is 16.3 Å². The van der Waals surface area contributed by atoms with Crippen molar-refractivity contribution in [1.29, 1.82) is 0 Å². The molecule has 1 aliphatic heterocycles. The third-order valence-corrected chi connectivity index (χ3v) is 5.07. The minimum absolute atomic E-state index is 0.0286. The number of amides is 1. The Hall–Kier alpha value is -3.75. The van der Waals surface area contributed by atoms with E-state index in [1.165, 1.54) is 30.3 Å². The lowest BCUT2D eigenvalue weighted by atomic mass is 9.82. The first-order chi connectivity index (χ1) is 14.2. The molecule has 1 aliphatic rings. The normalized spacial score (nSPS) is 19.1. The van der Waals surface area contributed by atoms with Crippen LogP contribution < -0.4 is 5.73 Å². The van der Waals surface area contributed by atoms with E-state index >= 15 is 0 Å². The zero-order chi connectivity index (χ0) is 21.5. The van der Waals surface area contributed by atoms with Crippen LogP contribution in [0.5, 0.6) is 0 Å². The molecule has 0 fully saturated rings. The average molecular weight is 408 g/mol. The van der Waals surface area contributed by atoms with Crippen molar-refractivity contribution < 1.29 is 13.6 Å². The van der Waals surface area contributed by atoms with Crippen molar-refractivity contribution >= 4 is 11.9 Å². The van der Waals surface area contributed by atoms with E-state index in [0.717, 1.165) is 18.1 Å². The molecule has 7 nitrogen and oxygen atoms in total. The zero-order valence-corrected chi connectivity index (χ0v) is 16.3. The molecule has 3 heterocycles. The van der Waals surface area contributed by atoms with Crippen LogP contribution in [-0.4, -0.2) is 39.0 Å². The SMILES string of the molecule is CN1C(=O)C(c2ccc(C(C)(F)F)nc2)(c2cccc(-c3ccnnc3)c2)N=C1N. The number of guanidine groups is 1. The third kappa shape index (κ3) is 3.08. The quantitative estimate of drug-likeness (QED) is 0.716. The van der Waals surface area contributed by atoms with Crippen LogP contribution in [0.4, 0.5) is 8.78 Å². The lowest BCUT2D eigenvalue weighted by Gasteiger charge is -2.26. The Balaban J connectivity index is 1.90. The number of alkyl halides is 2. The molecule has 0 saturated heterocycles. The summed E-state index contributed by atoms with van der Waals surface area (Å²) in [5, 5.41) is 7.65. The zero-order valence-electron chi connectivity index (χ0n) is 16.3. The molecule has 0 saturated carbocycles. The number of likely N-dealkylation sites (N-methyl/N-ethyl adjacent to an activating group) is 1. The molecule has 4 rings (SSSR count). The Bertz CT molecular complexity index is 1130. The van der Waals surface area contributed by atoms with E-state index in [4.69, 9.17) is 5.73 Å². The summed E-state index contributed by atoms with van der Waals surface area (Å²) in [6, 6.07) is 11.6. The molecule has 3 aromatic rings. The van der Waals surface area contributed by atoms with Crippen LogP contribution in [0.3, 0.4) is 0 Å². The van der Waals surface area contributed by atoms with Gasteiger partial charge in [0.1, 0.15) is 5.69 Å². The summed E-state index contributed by atoms with van der Waals surface area (Å²) >= 11 is 0. The highest BCUT2D eigenvalue weighted by atomic mass is 19.3. The van der Waals surface area contributed by atoms with Crippen molar-refractivity contribution in [2.45, 2.75) is 18.4 Å². The number of halogens is 2. The van der Waals surface area contributed by atoms with Crippen molar-refractivity contribution in [1.82, 2.24) is 20.1 Å². The Kier molecular flexibility index (Phi) is 4.53. The molecule has 152 valence electrons. The number of carbonyl (C=O) groups is 1. The summed E-state index contributed by atoms with van der Waals surface area (Å²) < 4.78 is 27.3. The van der Waals surface area contributed by atoms with E-state index in [-0.39, 0.29) is 5.96 Å². The third-order valence-electron chi connectivity index (χ3n) is 5.07. The highest BCUT2D eigenvalue weighted by molar-refractivity contribution is 6.09. The van der Waals surface area contributed by atoms with Gasteiger partial charge in [0.25, 0.3) is 11.8 Å². The van der Waals surface area contributed by atoms with Gasteiger partial charge in [-0.2, -0.15) is 19.0 Å². The molecule has 2 aromatic heterocycles. The Labute approximate surface area is 171 Å². The van der Waals surface area contributed by atoms with Gasteiger partial charge in [0.15, 0.2) is 11.5 Å². The van der Waals surface area contributed by atoms with Crippen molar-refractivity contribution in [2.75, 3.05) is 7.05 Å². The molecule has 0 aliphatic carbocycles. The molecule has 9 heteroatoms. The summed E-state index contributed by atoms with van der Waals surface area (Å²) in [5.74, 6) is -3.47. The lowest BCUT2D eigenvalue weighted by Crippen LogP contribution is -2.41. The monoisotopic (exact) mass is 408 g/mol. The highest BCUT2D eigenvalue weighted by Crippen LogP contribution is 2.40. The first kappa shape index (κ1) is 19.6. The Morgan fingerprint density at radius 2 is 1.83 bits per heavy atom. The van der Waals surface area contributed by atoms with Gasteiger partial charge in [0, 0.05) is 31.3 Å². The predicted octanol–water partition coefficient (Wildman–Crippen LogP) is 2.68. The number of aromatic nitrogens is 3. The van der Waals surface area contributed by atoms with Crippen LogP contribution in [0.1, 0.15) is 23.7 Å². The lowest BCUT2D eigenvalue weighted by molar-refractivity contribution is -0.129. The van der Waals surface area contributed by atoms with Crippen LogP contribution >= 0.6 is 0 Å². The fraction of sp³-hybridized carbons (Fsp3) is 0.190. The summed E-state index contributed by atoms with van der Waals surface area (Å²) in [6.07, 6.45) is 4.42. The van der Waals surface area contributed by atoms with Gasteiger partial charge in [-0.05, 0) is 29.3 Å². The van der Waals surface area contributed by atoms with Crippen molar-refractivity contribution in [3.8, 4) is 11.1 Å². The van der Waals surface area contributed by atoms with Gasteiger partial charge in [-0.1, -0.05) is 24.3 Å². The second-order valence-corrected chi connectivity index (χ2v) is 7.08. The second-order valence-electron chi connectivity index (χ2n) is 7.08. The molecule has 0 radical (unpaired) electrons. The average Bonchev–Trinajstić information content (AvgIpc) is 2.99. The maximum absolute atomic E-state index is 13.6.